The highest BCUT2D eigenvalue weighted by molar-refractivity contribution is 5.40. The van der Waals surface area contributed by atoms with Gasteiger partial charge in [0.05, 0.1) is 0 Å². The Labute approximate surface area is 113 Å². The predicted molar refractivity (Wildman–Crippen MR) is 80.2 cm³/mol. The molecule has 3 unspecified atom stereocenters. The molecule has 1 aliphatic carbocycles. The molecule has 0 aliphatic heterocycles. The summed E-state index contributed by atoms with van der Waals surface area (Å²) in [5.74, 6) is 1.75. The van der Waals surface area contributed by atoms with Crippen LogP contribution in [0.4, 0.5) is 0 Å². The lowest BCUT2D eigenvalue weighted by Gasteiger charge is -2.41. The molecule has 1 aromatic carbocycles. The molecule has 0 heterocycles. The van der Waals surface area contributed by atoms with E-state index in [-0.39, 0.29) is 0 Å². The molecule has 1 aliphatic rings. The largest absolute Gasteiger partial charge is 0.0623 e. The van der Waals surface area contributed by atoms with Crippen LogP contribution >= 0.6 is 0 Å². The van der Waals surface area contributed by atoms with Crippen LogP contribution in [0.3, 0.4) is 0 Å². The molecule has 1 saturated carbocycles. The Morgan fingerprint density at radius 1 is 1.00 bits per heavy atom. The van der Waals surface area contributed by atoms with Crippen molar-refractivity contribution < 1.29 is 0 Å². The molecule has 0 spiro atoms. The summed E-state index contributed by atoms with van der Waals surface area (Å²) in [6.07, 6.45) is 4.07. The molecule has 3 atom stereocenters. The Bertz CT molecular complexity index is 420. The van der Waals surface area contributed by atoms with Crippen molar-refractivity contribution in [2.75, 3.05) is 0 Å². The second-order valence-electron chi connectivity index (χ2n) is 6.99. The van der Waals surface area contributed by atoms with E-state index in [0.29, 0.717) is 5.41 Å². The lowest BCUT2D eigenvalue weighted by molar-refractivity contribution is 0.186. The third kappa shape index (κ3) is 2.35. The summed E-state index contributed by atoms with van der Waals surface area (Å²) in [6.45, 7) is 14.1. The van der Waals surface area contributed by atoms with Crippen LogP contribution in [0.1, 0.15) is 62.3 Å². The van der Waals surface area contributed by atoms with Crippen LogP contribution in [0, 0.1) is 32.6 Å². The summed E-state index contributed by atoms with van der Waals surface area (Å²) in [4.78, 5) is 0. The summed E-state index contributed by atoms with van der Waals surface area (Å²) in [5, 5.41) is 0. The van der Waals surface area contributed by atoms with Crippen LogP contribution < -0.4 is 0 Å². The average molecular weight is 244 g/mol. The number of benzene rings is 1. The minimum Gasteiger partial charge on any atom is -0.0623 e. The Kier molecular flexibility index (Phi) is 3.58. The van der Waals surface area contributed by atoms with Gasteiger partial charge in [-0.3, -0.25) is 0 Å². The Morgan fingerprint density at radius 2 is 1.56 bits per heavy atom. The van der Waals surface area contributed by atoms with Gasteiger partial charge in [0.25, 0.3) is 0 Å². The quantitative estimate of drug-likeness (QED) is 0.626. The van der Waals surface area contributed by atoms with Gasteiger partial charge >= 0.3 is 0 Å². The van der Waals surface area contributed by atoms with Crippen LogP contribution in [-0.4, -0.2) is 0 Å². The first kappa shape index (κ1) is 13.6. The van der Waals surface area contributed by atoms with Crippen LogP contribution in [0.2, 0.25) is 0 Å². The van der Waals surface area contributed by atoms with Crippen molar-refractivity contribution in [2.45, 2.75) is 66.2 Å². The van der Waals surface area contributed by atoms with Crippen molar-refractivity contribution >= 4 is 0 Å². The minimum absolute atomic E-state index is 0.398. The highest BCUT2D eigenvalue weighted by Crippen LogP contribution is 2.44. The number of hydrogen-bond donors (Lipinski definition) is 0. The molecule has 1 fully saturated rings. The second-order valence-corrected chi connectivity index (χ2v) is 6.99. The lowest BCUT2D eigenvalue weighted by atomic mass is 9.64. The van der Waals surface area contributed by atoms with Crippen molar-refractivity contribution in [3.8, 4) is 0 Å². The first-order chi connectivity index (χ1) is 8.33. The summed E-state index contributed by atoms with van der Waals surface area (Å²) in [6, 6.07) is 4.87. The van der Waals surface area contributed by atoms with Gasteiger partial charge in [0, 0.05) is 0 Å². The van der Waals surface area contributed by atoms with Crippen LogP contribution in [-0.2, 0) is 5.41 Å². The zero-order chi connectivity index (χ0) is 13.5. The molecule has 0 nitrogen and oxygen atoms in total. The van der Waals surface area contributed by atoms with E-state index in [1.807, 2.05) is 0 Å². The van der Waals surface area contributed by atoms with E-state index in [9.17, 15) is 0 Å². The van der Waals surface area contributed by atoms with Gasteiger partial charge in [0.2, 0.25) is 0 Å². The third-order valence-electron chi connectivity index (χ3n) is 5.52. The van der Waals surface area contributed by atoms with Crippen LogP contribution in [0.15, 0.2) is 12.1 Å². The fraction of sp³-hybridized carbons (Fsp3) is 0.667. The molecule has 0 aromatic heterocycles. The molecule has 0 radical (unpaired) electrons. The first-order valence-corrected chi connectivity index (χ1v) is 7.42. The van der Waals surface area contributed by atoms with Crippen LogP contribution in [0.5, 0.6) is 0 Å². The fourth-order valence-corrected chi connectivity index (χ4v) is 3.49. The second kappa shape index (κ2) is 4.72. The van der Waals surface area contributed by atoms with E-state index >= 15 is 0 Å². The molecule has 0 amide bonds. The van der Waals surface area contributed by atoms with E-state index in [1.54, 1.807) is 5.56 Å². The molecule has 0 bridgehead atoms. The molecule has 0 heteroatoms. The van der Waals surface area contributed by atoms with E-state index in [4.69, 9.17) is 0 Å². The van der Waals surface area contributed by atoms with E-state index in [1.165, 1.54) is 36.0 Å². The minimum atomic E-state index is 0.398. The highest BCUT2D eigenvalue weighted by atomic mass is 14.4. The van der Waals surface area contributed by atoms with Crippen molar-refractivity contribution in [1.82, 2.24) is 0 Å². The van der Waals surface area contributed by atoms with Crippen molar-refractivity contribution in [2.24, 2.45) is 11.8 Å². The summed E-state index contributed by atoms with van der Waals surface area (Å²) >= 11 is 0. The molecule has 0 N–H and O–H groups in total. The monoisotopic (exact) mass is 244 g/mol. The number of rotatable bonds is 1. The van der Waals surface area contributed by atoms with Gasteiger partial charge < -0.3 is 0 Å². The van der Waals surface area contributed by atoms with Gasteiger partial charge in [-0.25, -0.2) is 0 Å². The van der Waals surface area contributed by atoms with Gasteiger partial charge in [-0.2, -0.15) is 0 Å². The van der Waals surface area contributed by atoms with Crippen LogP contribution in [0.25, 0.3) is 0 Å². The predicted octanol–water partition coefficient (Wildman–Crippen LogP) is 5.33. The Morgan fingerprint density at radius 3 is 2.06 bits per heavy atom. The SMILES string of the molecule is Cc1cc(C2(C)CCC(C)C(C)C2)cc(C)c1C. The number of hydrogen-bond acceptors (Lipinski definition) is 0. The molecule has 18 heavy (non-hydrogen) atoms. The maximum Gasteiger partial charge on any atom is -0.00723 e. The Balaban J connectivity index is 2.36. The molecule has 2 rings (SSSR count). The summed E-state index contributed by atoms with van der Waals surface area (Å²) in [5.41, 5.74) is 6.34. The highest BCUT2D eigenvalue weighted by Gasteiger charge is 2.35. The zero-order valence-corrected chi connectivity index (χ0v) is 12.9. The normalized spacial score (nSPS) is 32.6. The fourth-order valence-electron chi connectivity index (χ4n) is 3.49. The van der Waals surface area contributed by atoms with Gasteiger partial charge in [-0.1, -0.05) is 32.9 Å². The summed E-state index contributed by atoms with van der Waals surface area (Å²) in [7, 11) is 0. The Hall–Kier alpha value is -0.780. The van der Waals surface area contributed by atoms with Gasteiger partial charge in [0.1, 0.15) is 0 Å². The lowest BCUT2D eigenvalue weighted by Crippen LogP contribution is -2.33. The third-order valence-corrected chi connectivity index (χ3v) is 5.52. The van der Waals surface area contributed by atoms with Gasteiger partial charge in [-0.05, 0) is 79.5 Å². The van der Waals surface area contributed by atoms with E-state index in [2.05, 4.69) is 53.7 Å². The van der Waals surface area contributed by atoms with Gasteiger partial charge in [-0.15, -0.1) is 0 Å². The zero-order valence-electron chi connectivity index (χ0n) is 12.9. The standard InChI is InChI=1S/C18H28/c1-12-7-8-18(6,11-15(12)4)17-9-13(2)16(5)14(3)10-17/h9-10,12,15H,7-8,11H2,1-6H3. The average Bonchev–Trinajstić information content (AvgIpc) is 2.31. The smallest absolute Gasteiger partial charge is 0.00723 e. The topological polar surface area (TPSA) is 0 Å². The number of aryl methyl sites for hydroxylation is 2. The molecular formula is C18H28. The van der Waals surface area contributed by atoms with Crippen molar-refractivity contribution in [1.29, 1.82) is 0 Å². The maximum absolute atomic E-state index is 2.47. The molecule has 1 aromatic rings. The molecule has 0 saturated heterocycles. The maximum atomic E-state index is 2.47. The van der Waals surface area contributed by atoms with Crippen molar-refractivity contribution in [3.05, 3.63) is 34.4 Å². The molecular weight excluding hydrogens is 216 g/mol. The van der Waals surface area contributed by atoms with E-state index < -0.39 is 0 Å². The molecule has 100 valence electrons. The first-order valence-electron chi connectivity index (χ1n) is 7.42. The summed E-state index contributed by atoms with van der Waals surface area (Å²) < 4.78 is 0. The van der Waals surface area contributed by atoms with E-state index in [0.717, 1.165) is 11.8 Å². The van der Waals surface area contributed by atoms with Gasteiger partial charge in [0.15, 0.2) is 0 Å². The van der Waals surface area contributed by atoms with Crippen molar-refractivity contribution in [3.63, 3.8) is 0 Å².